The first-order valence-corrected chi connectivity index (χ1v) is 6.48. The van der Waals surface area contributed by atoms with Gasteiger partial charge < -0.3 is 5.32 Å². The van der Waals surface area contributed by atoms with Crippen LogP contribution < -0.4 is 5.32 Å². The van der Waals surface area contributed by atoms with E-state index < -0.39 is 0 Å². The molecule has 0 bridgehead atoms. The third kappa shape index (κ3) is 6.96. The van der Waals surface area contributed by atoms with Crippen molar-refractivity contribution < 1.29 is 4.79 Å². The summed E-state index contributed by atoms with van der Waals surface area (Å²) >= 11 is 0. The molecule has 0 radical (unpaired) electrons. The van der Waals surface area contributed by atoms with Crippen LogP contribution in [0.4, 0.5) is 0 Å². The summed E-state index contributed by atoms with van der Waals surface area (Å²) in [5.41, 5.74) is 0. The smallest absolute Gasteiger partial charge is 0.234 e. The summed E-state index contributed by atoms with van der Waals surface area (Å²) in [5, 5.41) is 11.8. The number of nitriles is 1. The maximum Gasteiger partial charge on any atom is 0.234 e. The van der Waals surface area contributed by atoms with Gasteiger partial charge in [-0.05, 0) is 26.3 Å². The van der Waals surface area contributed by atoms with Gasteiger partial charge in [0.15, 0.2) is 0 Å². The number of rotatable bonds is 8. The highest BCUT2D eigenvalue weighted by atomic mass is 16.2. The number of likely N-dealkylation sites (N-methyl/N-ethyl adjacent to an activating group) is 1. The second-order valence-electron chi connectivity index (χ2n) is 4.44. The van der Waals surface area contributed by atoms with Crippen LogP contribution in [-0.2, 0) is 4.79 Å². The fourth-order valence-corrected chi connectivity index (χ4v) is 1.70. The lowest BCUT2D eigenvalue weighted by atomic mass is 10.1. The van der Waals surface area contributed by atoms with E-state index >= 15 is 0 Å². The normalized spacial score (nSPS) is 12.5. The van der Waals surface area contributed by atoms with Gasteiger partial charge in [0, 0.05) is 12.6 Å². The Bertz CT molecular complexity index is 256. The number of hydrogen-bond donors (Lipinski definition) is 1. The Morgan fingerprint density at radius 3 is 2.35 bits per heavy atom. The van der Waals surface area contributed by atoms with Crippen LogP contribution in [0.5, 0.6) is 0 Å². The summed E-state index contributed by atoms with van der Waals surface area (Å²) in [4.78, 5) is 13.8. The molecule has 1 N–H and O–H groups in total. The lowest BCUT2D eigenvalue weighted by Crippen LogP contribution is -2.42. The average molecular weight is 239 g/mol. The van der Waals surface area contributed by atoms with Crippen LogP contribution >= 0.6 is 0 Å². The summed E-state index contributed by atoms with van der Waals surface area (Å²) in [6.45, 7) is 9.87. The largest absolute Gasteiger partial charge is 0.352 e. The van der Waals surface area contributed by atoms with Gasteiger partial charge >= 0.3 is 0 Å². The molecule has 4 nitrogen and oxygen atoms in total. The maximum absolute atomic E-state index is 11.8. The van der Waals surface area contributed by atoms with Crippen molar-refractivity contribution in [2.45, 2.75) is 46.6 Å². The minimum absolute atomic E-state index is 0.0316. The summed E-state index contributed by atoms with van der Waals surface area (Å²) in [7, 11) is 0. The molecule has 0 saturated heterocycles. The van der Waals surface area contributed by atoms with E-state index in [1.807, 2.05) is 18.7 Å². The zero-order valence-corrected chi connectivity index (χ0v) is 11.5. The fraction of sp³-hybridized carbons (Fsp3) is 0.846. The molecular formula is C13H25N3O. The molecule has 0 fully saturated rings. The van der Waals surface area contributed by atoms with Gasteiger partial charge in [-0.3, -0.25) is 9.69 Å². The SMILES string of the molecule is CCC(CC)NC(=O)CN(CC)CC(C)C#N. The van der Waals surface area contributed by atoms with E-state index in [-0.39, 0.29) is 17.9 Å². The number of carbonyl (C=O) groups excluding carboxylic acids is 1. The monoisotopic (exact) mass is 239 g/mol. The van der Waals surface area contributed by atoms with Crippen molar-refractivity contribution in [1.82, 2.24) is 10.2 Å². The Morgan fingerprint density at radius 2 is 1.94 bits per heavy atom. The van der Waals surface area contributed by atoms with Crippen molar-refractivity contribution in [1.29, 1.82) is 5.26 Å². The van der Waals surface area contributed by atoms with Crippen LogP contribution in [0, 0.1) is 17.2 Å². The van der Waals surface area contributed by atoms with Gasteiger partial charge in [-0.2, -0.15) is 5.26 Å². The molecule has 0 aromatic heterocycles. The molecule has 0 aliphatic heterocycles. The van der Waals surface area contributed by atoms with Gasteiger partial charge in [0.1, 0.15) is 0 Å². The number of carbonyl (C=O) groups is 1. The van der Waals surface area contributed by atoms with Crippen molar-refractivity contribution in [3.05, 3.63) is 0 Å². The van der Waals surface area contributed by atoms with E-state index in [0.717, 1.165) is 19.4 Å². The van der Waals surface area contributed by atoms with Crippen molar-refractivity contribution in [3.8, 4) is 6.07 Å². The molecule has 0 aliphatic rings. The number of nitrogens with one attached hydrogen (secondary N) is 1. The molecule has 1 amide bonds. The summed E-state index contributed by atoms with van der Waals surface area (Å²) < 4.78 is 0. The zero-order valence-electron chi connectivity index (χ0n) is 11.5. The van der Waals surface area contributed by atoms with Gasteiger partial charge in [-0.25, -0.2) is 0 Å². The van der Waals surface area contributed by atoms with Gasteiger partial charge in [-0.15, -0.1) is 0 Å². The quantitative estimate of drug-likeness (QED) is 0.702. The molecule has 0 aliphatic carbocycles. The Hall–Kier alpha value is -1.08. The van der Waals surface area contributed by atoms with Crippen LogP contribution in [0.2, 0.25) is 0 Å². The maximum atomic E-state index is 11.8. The summed E-state index contributed by atoms with van der Waals surface area (Å²) in [5.74, 6) is 0.0292. The van der Waals surface area contributed by atoms with Crippen molar-refractivity contribution in [2.24, 2.45) is 5.92 Å². The lowest BCUT2D eigenvalue weighted by Gasteiger charge is -2.22. The third-order valence-corrected chi connectivity index (χ3v) is 2.92. The topological polar surface area (TPSA) is 56.1 Å². The van der Waals surface area contributed by atoms with E-state index in [9.17, 15) is 4.79 Å². The standard InChI is InChI=1S/C13H25N3O/c1-5-12(6-2)15-13(17)10-16(7-3)9-11(4)8-14/h11-12H,5-7,9-10H2,1-4H3,(H,15,17). The van der Waals surface area contributed by atoms with Crippen molar-refractivity contribution in [2.75, 3.05) is 19.6 Å². The summed E-state index contributed by atoms with van der Waals surface area (Å²) in [6.07, 6.45) is 1.92. The molecule has 0 aromatic carbocycles. The molecule has 0 aromatic rings. The van der Waals surface area contributed by atoms with Gasteiger partial charge in [0.2, 0.25) is 5.91 Å². The van der Waals surface area contributed by atoms with Crippen LogP contribution in [-0.4, -0.2) is 36.5 Å². The first-order chi connectivity index (χ1) is 8.07. The van der Waals surface area contributed by atoms with Gasteiger partial charge in [-0.1, -0.05) is 20.8 Å². The number of nitrogens with zero attached hydrogens (tertiary/aromatic N) is 2. The van der Waals surface area contributed by atoms with Crippen molar-refractivity contribution >= 4 is 5.91 Å². The summed E-state index contributed by atoms with van der Waals surface area (Å²) in [6, 6.07) is 2.47. The predicted molar refractivity (Wildman–Crippen MR) is 69.4 cm³/mol. The molecule has 17 heavy (non-hydrogen) atoms. The van der Waals surface area contributed by atoms with Crippen molar-refractivity contribution in [3.63, 3.8) is 0 Å². The zero-order chi connectivity index (χ0) is 13.3. The van der Waals surface area contributed by atoms with E-state index in [1.165, 1.54) is 0 Å². The third-order valence-electron chi connectivity index (χ3n) is 2.92. The van der Waals surface area contributed by atoms with E-state index in [1.54, 1.807) is 0 Å². The Kier molecular flexibility index (Phi) is 8.43. The van der Waals surface area contributed by atoms with E-state index in [4.69, 9.17) is 5.26 Å². The molecule has 0 rings (SSSR count). The average Bonchev–Trinajstić information content (AvgIpc) is 2.34. The Labute approximate surface area is 105 Å². The molecule has 98 valence electrons. The molecular weight excluding hydrogens is 214 g/mol. The second-order valence-corrected chi connectivity index (χ2v) is 4.44. The molecule has 1 atom stereocenters. The van der Waals surface area contributed by atoms with Crippen LogP contribution in [0.25, 0.3) is 0 Å². The lowest BCUT2D eigenvalue weighted by molar-refractivity contribution is -0.123. The first kappa shape index (κ1) is 15.9. The van der Waals surface area contributed by atoms with E-state index in [0.29, 0.717) is 13.1 Å². The highest BCUT2D eigenvalue weighted by Crippen LogP contribution is 2.00. The van der Waals surface area contributed by atoms with Gasteiger partial charge in [0.25, 0.3) is 0 Å². The molecule has 0 saturated carbocycles. The van der Waals surface area contributed by atoms with Gasteiger partial charge in [0.05, 0.1) is 18.5 Å². The van der Waals surface area contributed by atoms with Crippen LogP contribution in [0.1, 0.15) is 40.5 Å². The number of amides is 1. The minimum atomic E-state index is -0.0316. The first-order valence-electron chi connectivity index (χ1n) is 6.48. The predicted octanol–water partition coefficient (Wildman–Crippen LogP) is 1.77. The highest BCUT2D eigenvalue weighted by molar-refractivity contribution is 5.78. The molecule has 0 heterocycles. The Morgan fingerprint density at radius 1 is 1.35 bits per heavy atom. The van der Waals surface area contributed by atoms with E-state index in [2.05, 4.69) is 25.2 Å². The second kappa shape index (κ2) is 9.00. The van der Waals surface area contributed by atoms with Crippen LogP contribution in [0.3, 0.4) is 0 Å². The molecule has 0 spiro atoms. The molecule has 1 unspecified atom stereocenters. The Balaban J connectivity index is 4.10. The fourth-order valence-electron chi connectivity index (χ4n) is 1.70. The minimum Gasteiger partial charge on any atom is -0.352 e. The number of hydrogen-bond acceptors (Lipinski definition) is 3. The molecule has 4 heteroatoms. The van der Waals surface area contributed by atoms with Crippen LogP contribution in [0.15, 0.2) is 0 Å². The highest BCUT2D eigenvalue weighted by Gasteiger charge is 2.14.